The van der Waals surface area contributed by atoms with E-state index in [4.69, 9.17) is 4.74 Å². The maximum Gasteiger partial charge on any atom is 0.253 e. The standard InChI is InChI=1S/C27H34F2N2O2/c1-27(2,29)19-30-15-11-20(12-16-30)18-33-23-9-10-24(25(28)17-23)21-5-7-22(8-6-21)26(32)31-13-3-4-14-31/h5-10,17,20H,3-4,11-16,18-19H2,1-2H3. The Hall–Kier alpha value is -2.47. The molecule has 0 N–H and O–H groups in total. The van der Waals surface area contributed by atoms with E-state index in [1.54, 1.807) is 50.2 Å². The van der Waals surface area contributed by atoms with Gasteiger partial charge in [-0.1, -0.05) is 12.1 Å². The monoisotopic (exact) mass is 456 g/mol. The van der Waals surface area contributed by atoms with E-state index in [9.17, 15) is 13.6 Å². The first-order valence-electron chi connectivity index (χ1n) is 12.0. The summed E-state index contributed by atoms with van der Waals surface area (Å²) in [6.07, 6.45) is 4.03. The first-order valence-corrected chi connectivity index (χ1v) is 12.0. The number of benzene rings is 2. The van der Waals surface area contributed by atoms with Crippen LogP contribution in [0.1, 0.15) is 49.9 Å². The molecule has 1 amide bonds. The second-order valence-electron chi connectivity index (χ2n) is 9.97. The number of nitrogens with zero attached hydrogens (tertiary/aromatic N) is 2. The van der Waals surface area contributed by atoms with Crippen molar-refractivity contribution in [2.45, 2.75) is 45.2 Å². The molecule has 4 rings (SSSR count). The van der Waals surface area contributed by atoms with E-state index in [2.05, 4.69) is 4.90 Å². The third-order valence-electron chi connectivity index (χ3n) is 6.57. The summed E-state index contributed by atoms with van der Waals surface area (Å²) in [5, 5.41) is 0. The molecule has 0 radical (unpaired) electrons. The first kappa shape index (κ1) is 23.7. The third kappa shape index (κ3) is 6.32. The van der Waals surface area contributed by atoms with E-state index in [0.717, 1.165) is 57.4 Å². The summed E-state index contributed by atoms with van der Waals surface area (Å²) in [5.41, 5.74) is 0.693. The van der Waals surface area contributed by atoms with Crippen LogP contribution in [0.4, 0.5) is 8.78 Å². The van der Waals surface area contributed by atoms with Gasteiger partial charge in [-0.2, -0.15) is 0 Å². The number of amides is 1. The van der Waals surface area contributed by atoms with E-state index in [1.165, 1.54) is 6.07 Å². The van der Waals surface area contributed by atoms with Gasteiger partial charge < -0.3 is 14.5 Å². The van der Waals surface area contributed by atoms with Gasteiger partial charge in [0.1, 0.15) is 17.2 Å². The maximum atomic E-state index is 14.8. The number of ether oxygens (including phenoxy) is 1. The number of carbonyl (C=O) groups excluding carboxylic acids is 1. The van der Waals surface area contributed by atoms with Crippen molar-refractivity contribution in [2.24, 2.45) is 5.92 Å². The Labute approximate surface area is 195 Å². The van der Waals surface area contributed by atoms with Gasteiger partial charge in [0.2, 0.25) is 0 Å². The van der Waals surface area contributed by atoms with E-state index < -0.39 is 5.67 Å². The highest BCUT2D eigenvalue weighted by atomic mass is 19.1. The summed E-state index contributed by atoms with van der Waals surface area (Å²) in [7, 11) is 0. The van der Waals surface area contributed by atoms with Crippen molar-refractivity contribution in [1.82, 2.24) is 9.80 Å². The number of likely N-dealkylation sites (tertiary alicyclic amines) is 2. The summed E-state index contributed by atoms with van der Waals surface area (Å²) in [6, 6.07) is 12.1. The molecule has 2 aliphatic rings. The minimum absolute atomic E-state index is 0.0440. The van der Waals surface area contributed by atoms with E-state index >= 15 is 0 Å². The molecular weight excluding hydrogens is 422 g/mol. The van der Waals surface area contributed by atoms with Gasteiger partial charge in [0.15, 0.2) is 0 Å². The van der Waals surface area contributed by atoms with Crippen LogP contribution in [0.3, 0.4) is 0 Å². The Bertz CT molecular complexity index is 942. The van der Waals surface area contributed by atoms with Crippen LogP contribution in [0, 0.1) is 11.7 Å². The van der Waals surface area contributed by atoms with Gasteiger partial charge in [0.05, 0.1) is 6.61 Å². The molecule has 2 heterocycles. The molecule has 2 saturated heterocycles. The summed E-state index contributed by atoms with van der Waals surface area (Å²) < 4.78 is 34.5. The summed E-state index contributed by atoms with van der Waals surface area (Å²) >= 11 is 0. The third-order valence-corrected chi connectivity index (χ3v) is 6.57. The van der Waals surface area contributed by atoms with Crippen LogP contribution in [0.5, 0.6) is 5.75 Å². The van der Waals surface area contributed by atoms with Crippen LogP contribution >= 0.6 is 0 Å². The van der Waals surface area contributed by atoms with Crippen molar-refractivity contribution in [3.63, 3.8) is 0 Å². The molecule has 0 atom stereocenters. The summed E-state index contributed by atoms with van der Waals surface area (Å²) in [6.45, 7) is 7.58. The zero-order valence-electron chi connectivity index (χ0n) is 19.7. The van der Waals surface area contributed by atoms with Gasteiger partial charge >= 0.3 is 0 Å². The lowest BCUT2D eigenvalue weighted by Crippen LogP contribution is -2.41. The predicted molar refractivity (Wildman–Crippen MR) is 127 cm³/mol. The molecule has 0 unspecified atom stereocenters. The van der Waals surface area contributed by atoms with Gasteiger partial charge in [-0.25, -0.2) is 8.78 Å². The fourth-order valence-corrected chi connectivity index (χ4v) is 4.77. The number of hydrogen-bond acceptors (Lipinski definition) is 3. The van der Waals surface area contributed by atoms with E-state index in [1.807, 2.05) is 4.90 Å². The fourth-order valence-electron chi connectivity index (χ4n) is 4.77. The van der Waals surface area contributed by atoms with Gasteiger partial charge in [-0.05, 0) is 88.4 Å². The van der Waals surface area contributed by atoms with Gasteiger partial charge in [0, 0.05) is 36.8 Å². The molecule has 0 bridgehead atoms. The minimum Gasteiger partial charge on any atom is -0.493 e. The van der Waals surface area contributed by atoms with Crippen molar-refractivity contribution < 1.29 is 18.3 Å². The molecule has 4 nitrogen and oxygen atoms in total. The van der Waals surface area contributed by atoms with Gasteiger partial charge in [-0.3, -0.25) is 4.79 Å². The van der Waals surface area contributed by atoms with Crippen LogP contribution in [-0.4, -0.2) is 60.7 Å². The lowest BCUT2D eigenvalue weighted by Gasteiger charge is -2.34. The lowest BCUT2D eigenvalue weighted by molar-refractivity contribution is 0.0792. The highest BCUT2D eigenvalue weighted by molar-refractivity contribution is 5.94. The second-order valence-corrected chi connectivity index (χ2v) is 9.97. The van der Waals surface area contributed by atoms with Crippen molar-refractivity contribution in [3.05, 3.63) is 53.8 Å². The highest BCUT2D eigenvalue weighted by Crippen LogP contribution is 2.28. The van der Waals surface area contributed by atoms with Crippen LogP contribution in [0.25, 0.3) is 11.1 Å². The SMILES string of the molecule is CC(C)(F)CN1CCC(COc2ccc(-c3ccc(C(=O)N4CCCC4)cc3)c(F)c2)CC1. The molecule has 2 aromatic carbocycles. The van der Waals surface area contributed by atoms with Crippen LogP contribution in [0.15, 0.2) is 42.5 Å². The lowest BCUT2D eigenvalue weighted by atomic mass is 9.97. The Kier molecular flexibility index (Phi) is 7.32. The molecule has 0 aliphatic carbocycles. The topological polar surface area (TPSA) is 32.8 Å². The minimum atomic E-state index is -1.17. The largest absolute Gasteiger partial charge is 0.493 e. The molecule has 2 fully saturated rings. The van der Waals surface area contributed by atoms with E-state index in [0.29, 0.717) is 35.9 Å². The van der Waals surface area contributed by atoms with Crippen LogP contribution in [0.2, 0.25) is 0 Å². The Morgan fingerprint density at radius 1 is 1.03 bits per heavy atom. The summed E-state index contributed by atoms with van der Waals surface area (Å²) in [5.74, 6) is 0.616. The smallest absolute Gasteiger partial charge is 0.253 e. The number of halogens is 2. The second kappa shape index (κ2) is 10.2. The number of hydrogen-bond donors (Lipinski definition) is 0. The zero-order chi connectivity index (χ0) is 23.4. The molecule has 33 heavy (non-hydrogen) atoms. The van der Waals surface area contributed by atoms with Gasteiger partial charge in [0.25, 0.3) is 5.91 Å². The molecular formula is C27H34F2N2O2. The quantitative estimate of drug-likeness (QED) is 0.546. The number of carbonyl (C=O) groups is 1. The molecule has 0 saturated carbocycles. The number of rotatable bonds is 7. The molecule has 178 valence electrons. The Morgan fingerprint density at radius 3 is 2.30 bits per heavy atom. The van der Waals surface area contributed by atoms with Crippen LogP contribution < -0.4 is 4.74 Å². The molecule has 0 spiro atoms. The van der Waals surface area contributed by atoms with Crippen molar-refractivity contribution in [2.75, 3.05) is 39.3 Å². The number of alkyl halides is 1. The fraction of sp³-hybridized carbons (Fsp3) is 0.519. The van der Waals surface area contributed by atoms with Crippen molar-refractivity contribution in [1.29, 1.82) is 0 Å². The van der Waals surface area contributed by atoms with Crippen LogP contribution in [-0.2, 0) is 0 Å². The zero-order valence-corrected chi connectivity index (χ0v) is 19.7. The van der Waals surface area contributed by atoms with Gasteiger partial charge in [-0.15, -0.1) is 0 Å². The highest BCUT2D eigenvalue weighted by Gasteiger charge is 2.25. The average Bonchev–Trinajstić information content (AvgIpc) is 3.32. The predicted octanol–water partition coefficient (Wildman–Crippen LogP) is 5.57. The Morgan fingerprint density at radius 2 is 1.70 bits per heavy atom. The average molecular weight is 457 g/mol. The van der Waals surface area contributed by atoms with E-state index in [-0.39, 0.29) is 11.7 Å². The summed E-state index contributed by atoms with van der Waals surface area (Å²) in [4.78, 5) is 16.5. The molecule has 2 aliphatic heterocycles. The molecule has 0 aromatic heterocycles. The Balaban J connectivity index is 1.31. The van der Waals surface area contributed by atoms with Crippen molar-refractivity contribution in [3.8, 4) is 16.9 Å². The normalized spacial score (nSPS) is 18.0. The number of piperidine rings is 1. The van der Waals surface area contributed by atoms with Crippen molar-refractivity contribution >= 4 is 5.91 Å². The first-order chi connectivity index (χ1) is 15.8. The molecule has 2 aromatic rings. The molecule has 6 heteroatoms. The maximum absolute atomic E-state index is 14.8.